The smallest absolute Gasteiger partial charge is 0.296 e. The number of fused-ring (bicyclic) bond motifs is 3. The van der Waals surface area contributed by atoms with Crippen LogP contribution in [0.15, 0.2) is 6.07 Å². The van der Waals surface area contributed by atoms with Crippen LogP contribution in [-0.2, 0) is 17.6 Å². The average Bonchev–Trinajstić information content (AvgIpc) is 2.77. The SMILES string of the molecule is [B]c1cc2c(c3c1CCC3)NC(=O)C2=O. The van der Waals surface area contributed by atoms with Gasteiger partial charge in [-0.2, -0.15) is 0 Å². The number of Topliss-reactive ketones (excluding diaryl/α,β-unsaturated/α-hetero) is 1. The van der Waals surface area contributed by atoms with E-state index in [4.69, 9.17) is 7.85 Å². The number of rotatable bonds is 0. The van der Waals surface area contributed by atoms with Gasteiger partial charge in [-0.1, -0.05) is 11.5 Å². The lowest BCUT2D eigenvalue weighted by Gasteiger charge is -2.09. The lowest BCUT2D eigenvalue weighted by atomic mass is 9.85. The Labute approximate surface area is 88.3 Å². The van der Waals surface area contributed by atoms with Crippen molar-refractivity contribution in [1.82, 2.24) is 0 Å². The Hall–Kier alpha value is -1.58. The molecule has 4 heteroatoms. The second kappa shape index (κ2) is 2.72. The molecule has 3 rings (SSSR count). The van der Waals surface area contributed by atoms with Gasteiger partial charge in [-0.15, -0.1) is 0 Å². The molecule has 0 aromatic heterocycles. The second-order valence-corrected chi connectivity index (χ2v) is 3.98. The normalized spacial score (nSPS) is 17.6. The molecular weight excluding hydrogens is 189 g/mol. The van der Waals surface area contributed by atoms with Crippen LogP contribution in [0.4, 0.5) is 5.69 Å². The van der Waals surface area contributed by atoms with Gasteiger partial charge in [0.25, 0.3) is 11.7 Å². The van der Waals surface area contributed by atoms with E-state index in [9.17, 15) is 9.59 Å². The van der Waals surface area contributed by atoms with Crippen molar-refractivity contribution in [2.45, 2.75) is 19.3 Å². The summed E-state index contributed by atoms with van der Waals surface area (Å²) in [4.78, 5) is 22.7. The Morgan fingerprint density at radius 3 is 2.73 bits per heavy atom. The van der Waals surface area contributed by atoms with Gasteiger partial charge in [0.05, 0.1) is 11.3 Å². The summed E-state index contributed by atoms with van der Waals surface area (Å²) in [5, 5.41) is 2.63. The first-order valence-electron chi connectivity index (χ1n) is 4.98. The van der Waals surface area contributed by atoms with Crippen molar-refractivity contribution >= 4 is 30.7 Å². The summed E-state index contributed by atoms with van der Waals surface area (Å²) in [6.45, 7) is 0. The average molecular weight is 197 g/mol. The second-order valence-electron chi connectivity index (χ2n) is 3.98. The standard InChI is InChI=1S/C11H8BNO2/c12-8-4-7-9(13-11(15)10(7)14)6-3-1-2-5(6)8/h4H,1-3H2,(H,13,14,15). The van der Waals surface area contributed by atoms with Gasteiger partial charge in [0.15, 0.2) is 0 Å². The highest BCUT2D eigenvalue weighted by Crippen LogP contribution is 2.33. The Morgan fingerprint density at radius 2 is 1.93 bits per heavy atom. The lowest BCUT2D eigenvalue weighted by molar-refractivity contribution is -0.112. The first-order chi connectivity index (χ1) is 7.18. The number of nitrogens with one attached hydrogen (secondary N) is 1. The van der Waals surface area contributed by atoms with E-state index in [1.54, 1.807) is 6.07 Å². The number of hydrogen-bond donors (Lipinski definition) is 1. The number of amides is 1. The number of hydrogen-bond acceptors (Lipinski definition) is 2. The van der Waals surface area contributed by atoms with Crippen LogP contribution in [0.25, 0.3) is 0 Å². The Bertz CT molecular complexity index is 508. The van der Waals surface area contributed by atoms with E-state index in [1.807, 2.05) is 0 Å². The molecular formula is C11H8BNO2. The van der Waals surface area contributed by atoms with Crippen LogP contribution >= 0.6 is 0 Å². The molecule has 0 saturated heterocycles. The molecule has 0 bridgehead atoms. The fourth-order valence-corrected chi connectivity index (χ4v) is 2.43. The molecule has 0 spiro atoms. The van der Waals surface area contributed by atoms with Crippen LogP contribution in [-0.4, -0.2) is 19.5 Å². The van der Waals surface area contributed by atoms with E-state index in [2.05, 4.69) is 5.32 Å². The van der Waals surface area contributed by atoms with Crippen molar-refractivity contribution in [2.75, 3.05) is 5.32 Å². The Kier molecular flexibility index (Phi) is 1.58. The summed E-state index contributed by atoms with van der Waals surface area (Å²) < 4.78 is 0. The van der Waals surface area contributed by atoms with Crippen LogP contribution < -0.4 is 10.8 Å². The molecule has 2 radical (unpaired) electrons. The van der Waals surface area contributed by atoms with Gasteiger partial charge < -0.3 is 5.32 Å². The van der Waals surface area contributed by atoms with Crippen molar-refractivity contribution in [3.63, 3.8) is 0 Å². The topological polar surface area (TPSA) is 46.2 Å². The summed E-state index contributed by atoms with van der Waals surface area (Å²) in [6.07, 6.45) is 2.88. The fourth-order valence-electron chi connectivity index (χ4n) is 2.43. The van der Waals surface area contributed by atoms with E-state index in [1.165, 1.54) is 0 Å². The van der Waals surface area contributed by atoms with Gasteiger partial charge >= 0.3 is 0 Å². The molecule has 1 heterocycles. The molecule has 1 aliphatic carbocycles. The zero-order valence-electron chi connectivity index (χ0n) is 8.09. The summed E-state index contributed by atoms with van der Waals surface area (Å²) >= 11 is 0. The first kappa shape index (κ1) is 8.71. The van der Waals surface area contributed by atoms with Gasteiger partial charge in [0.2, 0.25) is 0 Å². The van der Waals surface area contributed by atoms with Gasteiger partial charge in [0.1, 0.15) is 7.85 Å². The highest BCUT2D eigenvalue weighted by Gasteiger charge is 2.32. The highest BCUT2D eigenvalue weighted by atomic mass is 16.2. The van der Waals surface area contributed by atoms with E-state index in [-0.39, 0.29) is 0 Å². The van der Waals surface area contributed by atoms with Gasteiger partial charge in [-0.25, -0.2) is 0 Å². The molecule has 1 aliphatic heterocycles. The third kappa shape index (κ3) is 1.02. The molecule has 0 fully saturated rings. The minimum atomic E-state index is -0.537. The molecule has 1 aromatic carbocycles. The van der Waals surface area contributed by atoms with Crippen molar-refractivity contribution < 1.29 is 9.59 Å². The maximum Gasteiger partial charge on any atom is 0.296 e. The van der Waals surface area contributed by atoms with Gasteiger partial charge in [-0.3, -0.25) is 9.59 Å². The predicted octanol–water partition coefficient (Wildman–Crippen LogP) is 0.104. The summed E-state index contributed by atoms with van der Waals surface area (Å²) in [5.74, 6) is -1.00. The molecule has 0 atom stereocenters. The number of carbonyl (C=O) groups is 2. The van der Waals surface area contributed by atoms with E-state index in [0.717, 1.165) is 30.4 Å². The van der Waals surface area contributed by atoms with Crippen molar-refractivity contribution in [1.29, 1.82) is 0 Å². The van der Waals surface area contributed by atoms with E-state index < -0.39 is 11.7 Å². The number of ketones is 1. The maximum atomic E-state index is 11.5. The van der Waals surface area contributed by atoms with Gasteiger partial charge in [0, 0.05) is 0 Å². The predicted molar refractivity (Wildman–Crippen MR) is 56.8 cm³/mol. The minimum Gasteiger partial charge on any atom is -0.318 e. The number of anilines is 1. The van der Waals surface area contributed by atoms with Crippen molar-refractivity contribution in [3.8, 4) is 0 Å². The molecule has 1 aromatic rings. The molecule has 15 heavy (non-hydrogen) atoms. The number of benzene rings is 1. The molecule has 1 N–H and O–H groups in total. The highest BCUT2D eigenvalue weighted by molar-refractivity contribution is 6.52. The van der Waals surface area contributed by atoms with Crippen molar-refractivity contribution in [3.05, 3.63) is 22.8 Å². The van der Waals surface area contributed by atoms with Crippen LogP contribution in [0.5, 0.6) is 0 Å². The van der Waals surface area contributed by atoms with E-state index in [0.29, 0.717) is 16.7 Å². The monoisotopic (exact) mass is 197 g/mol. The molecule has 0 saturated carbocycles. The molecule has 2 aliphatic rings. The van der Waals surface area contributed by atoms with Crippen LogP contribution in [0.3, 0.4) is 0 Å². The Balaban J connectivity index is 2.32. The summed E-state index contributed by atoms with van der Waals surface area (Å²) in [5.41, 5.74) is 3.95. The van der Waals surface area contributed by atoms with Crippen LogP contribution in [0.2, 0.25) is 0 Å². The zero-order chi connectivity index (χ0) is 10.6. The maximum absolute atomic E-state index is 11.5. The Morgan fingerprint density at radius 1 is 1.20 bits per heavy atom. The summed E-state index contributed by atoms with van der Waals surface area (Å²) in [6, 6.07) is 1.62. The summed E-state index contributed by atoms with van der Waals surface area (Å²) in [7, 11) is 5.86. The van der Waals surface area contributed by atoms with E-state index >= 15 is 0 Å². The number of carbonyl (C=O) groups excluding carboxylic acids is 2. The van der Waals surface area contributed by atoms with Crippen LogP contribution in [0, 0.1) is 0 Å². The minimum absolute atomic E-state index is 0.443. The lowest BCUT2D eigenvalue weighted by Crippen LogP contribution is -2.13. The molecule has 3 nitrogen and oxygen atoms in total. The molecule has 0 unspecified atom stereocenters. The third-order valence-corrected chi connectivity index (χ3v) is 3.13. The largest absolute Gasteiger partial charge is 0.318 e. The quantitative estimate of drug-likeness (QED) is 0.473. The third-order valence-electron chi connectivity index (χ3n) is 3.13. The van der Waals surface area contributed by atoms with Crippen molar-refractivity contribution in [2.24, 2.45) is 0 Å². The molecule has 1 amide bonds. The zero-order valence-corrected chi connectivity index (χ0v) is 8.09. The molecule has 72 valence electrons. The van der Waals surface area contributed by atoms with Gasteiger partial charge in [-0.05, 0) is 30.4 Å². The van der Waals surface area contributed by atoms with Crippen LogP contribution in [0.1, 0.15) is 27.9 Å². The fraction of sp³-hybridized carbons (Fsp3) is 0.273. The first-order valence-corrected chi connectivity index (χ1v) is 4.98.